The van der Waals surface area contributed by atoms with Crippen molar-refractivity contribution in [3.8, 4) is 18.0 Å². The van der Waals surface area contributed by atoms with Crippen molar-refractivity contribution in [3.05, 3.63) is 41.6 Å². The maximum Gasteiger partial charge on any atom is 0.177 e. The zero-order chi connectivity index (χ0) is 15.1. The van der Waals surface area contributed by atoms with Crippen molar-refractivity contribution in [1.29, 1.82) is 10.5 Å². The first-order valence-corrected chi connectivity index (χ1v) is 6.33. The van der Waals surface area contributed by atoms with Gasteiger partial charge >= 0.3 is 0 Å². The molecule has 0 amide bonds. The van der Waals surface area contributed by atoms with Crippen LogP contribution in [0.5, 0.6) is 0 Å². The van der Waals surface area contributed by atoms with E-state index in [-0.39, 0.29) is 11.4 Å². The Hall–Kier alpha value is -2.74. The third kappa shape index (κ3) is 3.23. The first-order valence-electron chi connectivity index (χ1n) is 6.33. The molecule has 106 valence electrons. The third-order valence-corrected chi connectivity index (χ3v) is 2.87. The van der Waals surface area contributed by atoms with E-state index >= 15 is 0 Å². The molecule has 21 heavy (non-hydrogen) atoms. The highest BCUT2D eigenvalue weighted by Gasteiger charge is 2.14. The quantitative estimate of drug-likeness (QED) is 0.785. The molecule has 0 spiro atoms. The van der Waals surface area contributed by atoms with Crippen LogP contribution in [0.2, 0.25) is 0 Å². The second-order valence-corrected chi connectivity index (χ2v) is 4.19. The summed E-state index contributed by atoms with van der Waals surface area (Å²) in [6.45, 7) is 1.91. The van der Waals surface area contributed by atoms with Crippen molar-refractivity contribution < 1.29 is 4.74 Å². The van der Waals surface area contributed by atoms with Crippen LogP contribution in [0.25, 0.3) is 5.82 Å². The molecule has 7 heteroatoms. The molecular formula is C14H14N6O. The van der Waals surface area contributed by atoms with Gasteiger partial charge in [0.2, 0.25) is 0 Å². The summed E-state index contributed by atoms with van der Waals surface area (Å²) in [6.07, 6.45) is 3.08. The molecule has 1 N–H and O–H groups in total. The lowest BCUT2D eigenvalue weighted by atomic mass is 10.2. The van der Waals surface area contributed by atoms with Gasteiger partial charge in [-0.15, -0.1) is 0 Å². The van der Waals surface area contributed by atoms with Crippen molar-refractivity contribution in [2.75, 3.05) is 20.3 Å². The first kappa shape index (κ1) is 14.7. The zero-order valence-corrected chi connectivity index (χ0v) is 11.6. The predicted molar refractivity (Wildman–Crippen MR) is 74.4 cm³/mol. The Morgan fingerprint density at radius 2 is 2.19 bits per heavy atom. The molecular weight excluding hydrogens is 268 g/mol. The van der Waals surface area contributed by atoms with Gasteiger partial charge in [0.05, 0.1) is 6.61 Å². The minimum atomic E-state index is 0.0986. The molecule has 2 aromatic heterocycles. The number of hydrogen-bond acceptors (Lipinski definition) is 6. The third-order valence-electron chi connectivity index (χ3n) is 2.87. The number of nitrogens with zero attached hydrogens (tertiary/aromatic N) is 5. The molecule has 0 aliphatic heterocycles. The number of aromatic nitrogens is 3. The summed E-state index contributed by atoms with van der Waals surface area (Å²) >= 11 is 0. The van der Waals surface area contributed by atoms with Gasteiger partial charge in [0, 0.05) is 32.0 Å². The summed E-state index contributed by atoms with van der Waals surface area (Å²) in [6, 6.07) is 7.63. The molecule has 2 heterocycles. The molecule has 7 nitrogen and oxygen atoms in total. The molecule has 0 atom stereocenters. The van der Waals surface area contributed by atoms with Crippen LogP contribution in [0, 0.1) is 22.7 Å². The van der Waals surface area contributed by atoms with Crippen molar-refractivity contribution >= 4 is 0 Å². The fraction of sp³-hybridized carbons (Fsp3) is 0.286. The Bertz CT molecular complexity index is 694. The van der Waals surface area contributed by atoms with Crippen LogP contribution in [0.1, 0.15) is 17.0 Å². The highest BCUT2D eigenvalue weighted by atomic mass is 16.5. The van der Waals surface area contributed by atoms with E-state index < -0.39 is 0 Å². The molecule has 0 unspecified atom stereocenters. The van der Waals surface area contributed by atoms with E-state index in [4.69, 9.17) is 10.00 Å². The lowest BCUT2D eigenvalue weighted by Crippen LogP contribution is -2.20. The van der Waals surface area contributed by atoms with Crippen LogP contribution in [-0.2, 0) is 11.3 Å². The topological polar surface area (TPSA) is 99.5 Å². The van der Waals surface area contributed by atoms with Crippen LogP contribution in [0.3, 0.4) is 0 Å². The van der Waals surface area contributed by atoms with E-state index in [1.165, 1.54) is 10.9 Å². The normalized spacial score (nSPS) is 10.0. The fourth-order valence-corrected chi connectivity index (χ4v) is 1.88. The number of rotatable bonds is 6. The van der Waals surface area contributed by atoms with Gasteiger partial charge in [0.25, 0.3) is 0 Å². The Morgan fingerprint density at radius 3 is 2.90 bits per heavy atom. The van der Waals surface area contributed by atoms with E-state index in [0.717, 1.165) is 5.56 Å². The number of nitriles is 2. The van der Waals surface area contributed by atoms with E-state index in [1.807, 2.05) is 24.3 Å². The number of methoxy groups -OCH3 is 1. The summed E-state index contributed by atoms with van der Waals surface area (Å²) in [5.74, 6) is 0.591. The molecule has 0 radical (unpaired) electrons. The average Bonchev–Trinajstić information content (AvgIpc) is 2.94. The van der Waals surface area contributed by atoms with Gasteiger partial charge in [0.1, 0.15) is 24.3 Å². The standard InChI is InChI=1S/C14H14N6O/c1-21-6-5-17-9-11-3-2-4-18-14(11)20-10-19-12(7-15)13(20)8-16/h2-4,10,17H,5-6,9H2,1H3. The smallest absolute Gasteiger partial charge is 0.177 e. The van der Waals surface area contributed by atoms with Crippen LogP contribution in [0.4, 0.5) is 0 Å². The van der Waals surface area contributed by atoms with E-state index in [9.17, 15) is 5.26 Å². The van der Waals surface area contributed by atoms with Crippen molar-refractivity contribution in [2.24, 2.45) is 0 Å². The molecule has 0 aliphatic rings. The first-order chi connectivity index (χ1) is 10.3. The number of imidazole rings is 1. The largest absolute Gasteiger partial charge is 0.383 e. The summed E-state index contributed by atoms with van der Waals surface area (Å²) in [5, 5.41) is 21.4. The number of nitrogens with one attached hydrogen (secondary N) is 1. The molecule has 2 aromatic rings. The monoisotopic (exact) mass is 282 g/mol. The van der Waals surface area contributed by atoms with Gasteiger partial charge in [-0.1, -0.05) is 6.07 Å². The molecule has 0 fully saturated rings. The minimum Gasteiger partial charge on any atom is -0.383 e. The van der Waals surface area contributed by atoms with Gasteiger partial charge < -0.3 is 10.1 Å². The van der Waals surface area contributed by atoms with Crippen LogP contribution < -0.4 is 5.32 Å². The molecule has 0 bridgehead atoms. The van der Waals surface area contributed by atoms with Crippen molar-refractivity contribution in [2.45, 2.75) is 6.54 Å². The van der Waals surface area contributed by atoms with Crippen LogP contribution >= 0.6 is 0 Å². The van der Waals surface area contributed by atoms with Gasteiger partial charge in [-0.25, -0.2) is 9.97 Å². The highest BCUT2D eigenvalue weighted by molar-refractivity contribution is 5.44. The van der Waals surface area contributed by atoms with Crippen LogP contribution in [-0.4, -0.2) is 34.8 Å². The number of ether oxygens (including phenoxy) is 1. The van der Waals surface area contributed by atoms with Crippen molar-refractivity contribution in [3.63, 3.8) is 0 Å². The van der Waals surface area contributed by atoms with Crippen molar-refractivity contribution in [1.82, 2.24) is 19.9 Å². The SMILES string of the molecule is COCCNCc1cccnc1-n1cnc(C#N)c1C#N. The van der Waals surface area contributed by atoms with E-state index in [0.29, 0.717) is 25.5 Å². The summed E-state index contributed by atoms with van der Waals surface area (Å²) in [5.41, 5.74) is 1.20. The maximum atomic E-state index is 9.20. The Balaban J connectivity index is 2.31. The molecule has 2 rings (SSSR count). The lowest BCUT2D eigenvalue weighted by molar-refractivity contribution is 0.199. The van der Waals surface area contributed by atoms with E-state index in [1.54, 1.807) is 13.3 Å². The van der Waals surface area contributed by atoms with Crippen LogP contribution in [0.15, 0.2) is 24.7 Å². The maximum absolute atomic E-state index is 9.20. The predicted octanol–water partition coefficient (Wildman–Crippen LogP) is 0.747. The second kappa shape index (κ2) is 7.15. The Labute approximate surface area is 122 Å². The Kier molecular flexibility index (Phi) is 4.99. The number of hydrogen-bond donors (Lipinski definition) is 1. The van der Waals surface area contributed by atoms with Gasteiger partial charge in [-0.3, -0.25) is 4.57 Å². The van der Waals surface area contributed by atoms with E-state index in [2.05, 4.69) is 15.3 Å². The van der Waals surface area contributed by atoms with Gasteiger partial charge in [0.15, 0.2) is 11.4 Å². The minimum absolute atomic E-state index is 0.0986. The summed E-state index contributed by atoms with van der Waals surface area (Å²) < 4.78 is 6.51. The molecule has 0 aliphatic carbocycles. The number of pyridine rings is 1. The summed E-state index contributed by atoms with van der Waals surface area (Å²) in [4.78, 5) is 8.23. The zero-order valence-electron chi connectivity index (χ0n) is 11.6. The summed E-state index contributed by atoms with van der Waals surface area (Å²) in [7, 11) is 1.64. The average molecular weight is 282 g/mol. The molecule has 0 saturated carbocycles. The molecule has 0 saturated heterocycles. The fourth-order valence-electron chi connectivity index (χ4n) is 1.88. The van der Waals surface area contributed by atoms with Gasteiger partial charge in [-0.05, 0) is 6.07 Å². The molecule has 0 aromatic carbocycles. The Morgan fingerprint density at radius 1 is 1.33 bits per heavy atom. The lowest BCUT2D eigenvalue weighted by Gasteiger charge is -2.10. The van der Waals surface area contributed by atoms with Gasteiger partial charge in [-0.2, -0.15) is 10.5 Å². The second-order valence-electron chi connectivity index (χ2n) is 4.19. The highest BCUT2D eigenvalue weighted by Crippen LogP contribution is 2.15.